The van der Waals surface area contributed by atoms with E-state index in [1.165, 1.54) is 0 Å². The summed E-state index contributed by atoms with van der Waals surface area (Å²) in [6.07, 6.45) is 0. The van der Waals surface area contributed by atoms with E-state index in [1.54, 1.807) is 24.3 Å². The number of halogens is 5. The molecule has 1 radical (unpaired) electrons. The highest BCUT2D eigenvalue weighted by Gasteiger charge is 1.87. The average molecular weight is 234 g/mol. The van der Waals surface area contributed by atoms with Crippen LogP contribution in [0.1, 0.15) is 5.56 Å². The van der Waals surface area contributed by atoms with Gasteiger partial charge in [0.25, 0.3) is 0 Å². The first-order valence-electron chi connectivity index (χ1n) is 2.50. The Bertz CT molecular complexity index is 263. The largest absolute Gasteiger partial charge is 0.269 e. The summed E-state index contributed by atoms with van der Waals surface area (Å²) in [5, 5.41) is 8.37. The second kappa shape index (κ2) is 14.1. The normalized spacial score (nSPS) is 5.36. The molecule has 1 nitrogen and oxygen atoms in total. The van der Waals surface area contributed by atoms with Gasteiger partial charge in [-0.1, -0.05) is 18.7 Å². The standard InChI is InChI=1S/C7H4NS.5FH/c8-5-6-2-1-3-7(9)4-6;;;;;/h1-4H;5*1H. The Morgan fingerprint density at radius 2 is 1.50 bits per heavy atom. The highest BCUT2D eigenvalue weighted by atomic mass is 32.1. The fraction of sp³-hybridized carbons (Fsp3) is 0. The van der Waals surface area contributed by atoms with Crippen molar-refractivity contribution in [2.45, 2.75) is 4.90 Å². The van der Waals surface area contributed by atoms with E-state index in [0.717, 1.165) is 0 Å². The molecule has 0 heterocycles. The molecule has 0 aromatic heterocycles. The molecule has 0 atom stereocenters. The van der Waals surface area contributed by atoms with Crippen LogP contribution in [0.5, 0.6) is 0 Å². The van der Waals surface area contributed by atoms with Gasteiger partial charge in [0.15, 0.2) is 0 Å². The van der Waals surface area contributed by atoms with Gasteiger partial charge in [0.05, 0.1) is 11.6 Å². The number of hydrogen-bond donors (Lipinski definition) is 0. The lowest BCUT2D eigenvalue weighted by molar-refractivity contribution is 1.11. The van der Waals surface area contributed by atoms with Crippen LogP contribution in [0.3, 0.4) is 0 Å². The van der Waals surface area contributed by atoms with Crippen LogP contribution in [0, 0.1) is 11.3 Å². The van der Waals surface area contributed by atoms with Gasteiger partial charge in [-0.3, -0.25) is 23.5 Å². The summed E-state index contributed by atoms with van der Waals surface area (Å²) in [7, 11) is 0. The first-order valence-corrected chi connectivity index (χ1v) is 2.91. The molecule has 0 amide bonds. The highest BCUT2D eigenvalue weighted by molar-refractivity contribution is 7.80. The third-order valence-electron chi connectivity index (χ3n) is 0.963. The monoisotopic (exact) mass is 234 g/mol. The third kappa shape index (κ3) is 8.67. The Balaban J connectivity index is -0.0000000540. The van der Waals surface area contributed by atoms with Crippen LogP contribution in [-0.4, -0.2) is 0 Å². The van der Waals surface area contributed by atoms with Crippen molar-refractivity contribution in [2.24, 2.45) is 0 Å². The van der Waals surface area contributed by atoms with Gasteiger partial charge in [-0.25, -0.2) is 0 Å². The molecule has 0 bridgehead atoms. The maximum atomic E-state index is 8.37. The lowest BCUT2D eigenvalue weighted by Crippen LogP contribution is -1.70. The van der Waals surface area contributed by atoms with E-state index in [9.17, 15) is 0 Å². The molecule has 14 heavy (non-hydrogen) atoms. The molecule has 0 aliphatic heterocycles. The summed E-state index contributed by atoms with van der Waals surface area (Å²) in [4.78, 5) is 0.717. The van der Waals surface area contributed by atoms with E-state index < -0.39 is 0 Å². The third-order valence-corrected chi connectivity index (χ3v) is 1.22. The zero-order valence-electron chi connectivity index (χ0n) is 6.71. The molecule has 0 N–H and O–H groups in total. The molecule has 0 saturated heterocycles. The lowest BCUT2D eigenvalue weighted by atomic mass is 10.2. The maximum absolute atomic E-state index is 8.37. The number of nitrogens with zero attached hydrogens (tertiary/aromatic N) is 1. The van der Waals surface area contributed by atoms with Gasteiger partial charge in [-0.05, 0) is 18.2 Å². The van der Waals surface area contributed by atoms with Crippen LogP contribution in [0.15, 0.2) is 29.2 Å². The van der Waals surface area contributed by atoms with Crippen LogP contribution in [0.2, 0.25) is 0 Å². The van der Waals surface area contributed by atoms with E-state index in [4.69, 9.17) is 17.9 Å². The summed E-state index contributed by atoms with van der Waals surface area (Å²) in [6, 6.07) is 8.98. The van der Waals surface area contributed by atoms with Crippen molar-refractivity contribution < 1.29 is 23.5 Å². The zero-order chi connectivity index (χ0) is 6.69. The van der Waals surface area contributed by atoms with Crippen molar-refractivity contribution in [3.8, 4) is 6.07 Å². The van der Waals surface area contributed by atoms with E-state index in [1.807, 2.05) is 6.07 Å². The van der Waals surface area contributed by atoms with Crippen LogP contribution in [0.4, 0.5) is 23.5 Å². The number of rotatable bonds is 0. The fourth-order valence-electron chi connectivity index (χ4n) is 0.566. The van der Waals surface area contributed by atoms with Gasteiger partial charge in [0, 0.05) is 4.90 Å². The average Bonchev–Trinajstić information content (AvgIpc) is 1.88. The molecule has 1 aromatic carbocycles. The Morgan fingerprint density at radius 3 is 1.79 bits per heavy atom. The first-order chi connectivity index (χ1) is 4.33. The van der Waals surface area contributed by atoms with E-state index >= 15 is 0 Å². The second-order valence-corrected chi connectivity index (χ2v) is 2.11. The molecule has 0 aliphatic carbocycles. The minimum atomic E-state index is 0. The molecule has 1 rings (SSSR count). The van der Waals surface area contributed by atoms with Crippen molar-refractivity contribution in [1.82, 2.24) is 0 Å². The summed E-state index contributed by atoms with van der Waals surface area (Å²) in [5.74, 6) is 0. The maximum Gasteiger partial charge on any atom is 0.0992 e. The Morgan fingerprint density at radius 1 is 1.00 bits per heavy atom. The van der Waals surface area contributed by atoms with Crippen LogP contribution in [-0.2, 0) is 0 Å². The minimum absolute atomic E-state index is 0. The SMILES string of the molecule is F.F.F.F.F.N#Cc1cccc([S])c1. The van der Waals surface area contributed by atoms with Gasteiger partial charge in [0.2, 0.25) is 0 Å². The summed E-state index contributed by atoms with van der Waals surface area (Å²) >= 11 is 4.81. The van der Waals surface area contributed by atoms with Gasteiger partial charge < -0.3 is 0 Å². The molecular weight excluding hydrogens is 225 g/mol. The van der Waals surface area contributed by atoms with Crippen molar-refractivity contribution >= 4 is 12.6 Å². The number of hydrogen-bond acceptors (Lipinski definition) is 1. The molecule has 0 saturated carbocycles. The summed E-state index contributed by atoms with van der Waals surface area (Å²) in [6.45, 7) is 0. The number of benzene rings is 1. The van der Waals surface area contributed by atoms with E-state index in [2.05, 4.69) is 0 Å². The van der Waals surface area contributed by atoms with Gasteiger partial charge in [0.1, 0.15) is 0 Å². The molecule has 0 spiro atoms. The van der Waals surface area contributed by atoms with Crippen molar-refractivity contribution in [3.63, 3.8) is 0 Å². The Hall–Kier alpha value is -1.42. The Labute approximate surface area is 83.0 Å². The van der Waals surface area contributed by atoms with E-state index in [0.29, 0.717) is 10.5 Å². The lowest BCUT2D eigenvalue weighted by Gasteiger charge is -1.86. The van der Waals surface area contributed by atoms with Gasteiger partial charge in [-0.2, -0.15) is 5.26 Å². The van der Waals surface area contributed by atoms with Gasteiger partial charge in [-0.15, -0.1) is 0 Å². The molecule has 1 aromatic rings. The summed E-state index contributed by atoms with van der Waals surface area (Å²) in [5.41, 5.74) is 0.627. The van der Waals surface area contributed by atoms with Crippen molar-refractivity contribution in [2.75, 3.05) is 0 Å². The van der Waals surface area contributed by atoms with Crippen LogP contribution >= 0.6 is 12.6 Å². The predicted octanol–water partition coefficient (Wildman–Crippen LogP) is 2.88. The van der Waals surface area contributed by atoms with Crippen molar-refractivity contribution in [1.29, 1.82) is 5.26 Å². The molecule has 0 fully saturated rings. The highest BCUT2D eigenvalue weighted by Crippen LogP contribution is 2.06. The summed E-state index contributed by atoms with van der Waals surface area (Å²) < 4.78 is 0. The smallest absolute Gasteiger partial charge is 0.0992 e. The van der Waals surface area contributed by atoms with Crippen LogP contribution in [0.25, 0.3) is 0 Å². The topological polar surface area (TPSA) is 23.8 Å². The first kappa shape index (κ1) is 29.4. The molecule has 0 unspecified atom stereocenters. The zero-order valence-corrected chi connectivity index (χ0v) is 7.52. The molecule has 7 heteroatoms. The molecule has 83 valence electrons. The predicted molar refractivity (Wildman–Crippen MR) is 49.5 cm³/mol. The fourth-order valence-corrected chi connectivity index (χ4v) is 0.771. The quantitative estimate of drug-likeness (QED) is 0.633. The van der Waals surface area contributed by atoms with E-state index in [-0.39, 0.29) is 23.5 Å². The number of nitriles is 1. The molecule has 0 aliphatic rings. The second-order valence-electron chi connectivity index (χ2n) is 1.64. The van der Waals surface area contributed by atoms with Crippen LogP contribution < -0.4 is 0 Å². The minimum Gasteiger partial charge on any atom is -0.269 e. The van der Waals surface area contributed by atoms with Crippen molar-refractivity contribution in [3.05, 3.63) is 29.8 Å². The Kier molecular flexibility index (Phi) is 29.6. The van der Waals surface area contributed by atoms with Gasteiger partial charge >= 0.3 is 0 Å². The molecular formula is C7H9F5NS.